The van der Waals surface area contributed by atoms with Gasteiger partial charge in [0.15, 0.2) is 9.84 Å². The zero-order valence-corrected chi connectivity index (χ0v) is 10.4. The van der Waals surface area contributed by atoms with Crippen LogP contribution in [-0.2, 0) is 9.84 Å². The summed E-state index contributed by atoms with van der Waals surface area (Å²) >= 11 is 0. The molecule has 0 radical (unpaired) electrons. The second-order valence-electron chi connectivity index (χ2n) is 4.43. The predicted molar refractivity (Wildman–Crippen MR) is 60.3 cm³/mol. The number of nitrogens with two attached hydrogens (primary N) is 1. The van der Waals surface area contributed by atoms with Gasteiger partial charge in [0.2, 0.25) is 0 Å². The molecule has 5 heteroatoms. The number of nitrogens with zero attached hydrogens (tertiary/aromatic N) is 1. The highest BCUT2D eigenvalue weighted by Crippen LogP contribution is 2.15. The van der Waals surface area contributed by atoms with E-state index in [-0.39, 0.29) is 12.5 Å². The van der Waals surface area contributed by atoms with Crippen LogP contribution in [0.4, 0.5) is 0 Å². The van der Waals surface area contributed by atoms with Crippen molar-refractivity contribution in [2.45, 2.75) is 32.4 Å². The second-order valence-corrected chi connectivity index (χ2v) is 7.08. The van der Waals surface area contributed by atoms with Crippen molar-refractivity contribution in [2.24, 2.45) is 16.6 Å². The van der Waals surface area contributed by atoms with Crippen LogP contribution in [0, 0.1) is 5.92 Å². The molecule has 0 saturated carbocycles. The molecule has 0 unspecified atom stereocenters. The molecular formula is C9H20N2O2S. The van der Waals surface area contributed by atoms with Gasteiger partial charge in [-0.25, -0.2) is 8.42 Å². The van der Waals surface area contributed by atoms with Gasteiger partial charge in [-0.15, -0.1) is 0 Å². The summed E-state index contributed by atoms with van der Waals surface area (Å²) in [5.41, 5.74) is 5.62. The van der Waals surface area contributed by atoms with E-state index >= 15 is 0 Å². The molecule has 0 rings (SSSR count). The van der Waals surface area contributed by atoms with E-state index in [9.17, 15) is 8.42 Å². The molecule has 0 aromatic heterocycles. The zero-order chi connectivity index (χ0) is 11.6. The molecule has 0 aromatic carbocycles. The monoisotopic (exact) mass is 220 g/mol. The van der Waals surface area contributed by atoms with Crippen molar-refractivity contribution in [3.05, 3.63) is 0 Å². The molecule has 0 aliphatic rings. The highest BCUT2D eigenvalue weighted by Gasteiger charge is 2.29. The maximum Gasteiger partial charge on any atom is 0.154 e. The fourth-order valence-electron chi connectivity index (χ4n) is 0.582. The topological polar surface area (TPSA) is 72.5 Å². The highest BCUT2D eigenvalue weighted by molar-refractivity contribution is 7.92. The summed E-state index contributed by atoms with van der Waals surface area (Å²) in [4.78, 5) is 4.08. The lowest BCUT2D eigenvalue weighted by Gasteiger charge is -2.20. The Labute approximate surface area is 86.5 Å². The van der Waals surface area contributed by atoms with E-state index in [0.29, 0.717) is 5.84 Å². The van der Waals surface area contributed by atoms with E-state index in [0.717, 1.165) is 0 Å². The smallest absolute Gasteiger partial charge is 0.154 e. The van der Waals surface area contributed by atoms with Crippen LogP contribution < -0.4 is 5.73 Å². The van der Waals surface area contributed by atoms with Crippen molar-refractivity contribution in [1.29, 1.82) is 0 Å². The molecule has 0 aromatic rings. The van der Waals surface area contributed by atoms with E-state index in [2.05, 4.69) is 4.99 Å². The molecule has 0 spiro atoms. The van der Waals surface area contributed by atoms with Gasteiger partial charge >= 0.3 is 0 Å². The molecule has 0 saturated heterocycles. The van der Waals surface area contributed by atoms with E-state index in [1.54, 1.807) is 13.8 Å². The van der Waals surface area contributed by atoms with Gasteiger partial charge in [-0.05, 0) is 13.8 Å². The number of rotatable bonds is 4. The highest BCUT2D eigenvalue weighted by atomic mass is 32.2. The van der Waals surface area contributed by atoms with Gasteiger partial charge in [0, 0.05) is 12.2 Å². The van der Waals surface area contributed by atoms with Gasteiger partial charge in [-0.2, -0.15) is 0 Å². The average molecular weight is 220 g/mol. The summed E-state index contributed by atoms with van der Waals surface area (Å²) in [6.07, 6.45) is 1.22. The van der Waals surface area contributed by atoms with Gasteiger partial charge in [-0.3, -0.25) is 4.99 Å². The number of hydrogen-bond acceptors (Lipinski definition) is 3. The molecule has 0 atom stereocenters. The number of amidine groups is 1. The van der Waals surface area contributed by atoms with Crippen LogP contribution >= 0.6 is 0 Å². The van der Waals surface area contributed by atoms with E-state index in [4.69, 9.17) is 5.73 Å². The minimum absolute atomic E-state index is 0.158. The van der Waals surface area contributed by atoms with Gasteiger partial charge < -0.3 is 5.73 Å². The number of aliphatic imine (C=N–C) groups is 1. The number of hydrogen-bond donors (Lipinski definition) is 1. The normalized spacial score (nSPS) is 14.9. The van der Waals surface area contributed by atoms with Crippen LogP contribution in [0.5, 0.6) is 0 Å². The quantitative estimate of drug-likeness (QED) is 0.563. The predicted octanol–water partition coefficient (Wildman–Crippen LogP) is 0.823. The lowest BCUT2D eigenvalue weighted by atomic mass is 10.2. The SMILES string of the molecule is CC(C)C(N)=NCC(C)(C)S(C)(=O)=O. The summed E-state index contributed by atoms with van der Waals surface area (Å²) in [7, 11) is -3.09. The molecule has 0 fully saturated rings. The van der Waals surface area contributed by atoms with Crippen LogP contribution in [0.25, 0.3) is 0 Å². The van der Waals surface area contributed by atoms with Crippen molar-refractivity contribution in [2.75, 3.05) is 12.8 Å². The minimum atomic E-state index is -3.09. The van der Waals surface area contributed by atoms with Crippen LogP contribution in [-0.4, -0.2) is 31.8 Å². The molecule has 0 heterocycles. The third-order valence-corrected chi connectivity index (χ3v) is 4.37. The Morgan fingerprint density at radius 2 is 1.86 bits per heavy atom. The van der Waals surface area contributed by atoms with E-state index in [1.165, 1.54) is 6.26 Å². The summed E-state index contributed by atoms with van der Waals surface area (Å²) < 4.78 is 21.8. The summed E-state index contributed by atoms with van der Waals surface area (Å²) in [6.45, 7) is 7.37. The van der Waals surface area contributed by atoms with Gasteiger partial charge in [0.05, 0.1) is 17.1 Å². The molecule has 2 N–H and O–H groups in total. The van der Waals surface area contributed by atoms with Crippen LogP contribution in [0.2, 0.25) is 0 Å². The summed E-state index contributed by atoms with van der Waals surface area (Å²) in [5, 5.41) is 0. The molecule has 0 aliphatic heterocycles. The average Bonchev–Trinajstić information content (AvgIpc) is 1.97. The Balaban J connectivity index is 4.64. The molecule has 0 amide bonds. The summed E-state index contributed by atoms with van der Waals surface area (Å²) in [5.74, 6) is 0.659. The molecule has 0 bridgehead atoms. The Morgan fingerprint density at radius 1 is 1.43 bits per heavy atom. The Kier molecular flexibility index (Phi) is 4.12. The van der Waals surface area contributed by atoms with Crippen LogP contribution in [0.15, 0.2) is 4.99 Å². The first-order valence-electron chi connectivity index (χ1n) is 4.57. The molecular weight excluding hydrogens is 200 g/mol. The molecule has 14 heavy (non-hydrogen) atoms. The van der Waals surface area contributed by atoms with Crippen molar-refractivity contribution >= 4 is 15.7 Å². The lowest BCUT2D eigenvalue weighted by molar-refractivity contribution is 0.555. The van der Waals surface area contributed by atoms with Gasteiger partial charge in [-0.1, -0.05) is 13.8 Å². The maximum atomic E-state index is 11.3. The lowest BCUT2D eigenvalue weighted by Crippen LogP contribution is -2.35. The Bertz CT molecular complexity index is 316. The van der Waals surface area contributed by atoms with Crippen LogP contribution in [0.1, 0.15) is 27.7 Å². The molecule has 84 valence electrons. The van der Waals surface area contributed by atoms with Crippen molar-refractivity contribution in [3.63, 3.8) is 0 Å². The fourth-order valence-corrected chi connectivity index (χ4v) is 0.881. The van der Waals surface area contributed by atoms with E-state index < -0.39 is 14.6 Å². The third-order valence-electron chi connectivity index (χ3n) is 2.24. The maximum absolute atomic E-state index is 11.3. The fraction of sp³-hybridized carbons (Fsp3) is 0.889. The standard InChI is InChI=1S/C9H20N2O2S/c1-7(2)8(10)11-6-9(3,4)14(5,12)13/h7H,6H2,1-5H3,(H2,10,11). The molecule has 0 aliphatic carbocycles. The van der Waals surface area contributed by atoms with Gasteiger partial charge in [0.25, 0.3) is 0 Å². The van der Waals surface area contributed by atoms with Crippen molar-refractivity contribution in [3.8, 4) is 0 Å². The Hall–Kier alpha value is -0.580. The number of sulfone groups is 1. The zero-order valence-electron chi connectivity index (χ0n) is 9.53. The first kappa shape index (κ1) is 13.4. The van der Waals surface area contributed by atoms with Crippen molar-refractivity contribution < 1.29 is 8.42 Å². The minimum Gasteiger partial charge on any atom is -0.387 e. The Morgan fingerprint density at radius 3 is 2.14 bits per heavy atom. The van der Waals surface area contributed by atoms with Gasteiger partial charge in [0.1, 0.15) is 0 Å². The first-order valence-corrected chi connectivity index (χ1v) is 6.46. The summed E-state index contributed by atoms with van der Waals surface area (Å²) in [6, 6.07) is 0. The van der Waals surface area contributed by atoms with E-state index in [1.807, 2.05) is 13.8 Å². The largest absolute Gasteiger partial charge is 0.387 e. The van der Waals surface area contributed by atoms with Crippen molar-refractivity contribution in [1.82, 2.24) is 0 Å². The molecule has 4 nitrogen and oxygen atoms in total. The third kappa shape index (κ3) is 3.65. The first-order chi connectivity index (χ1) is 6.08. The van der Waals surface area contributed by atoms with Crippen LogP contribution in [0.3, 0.4) is 0 Å². The second kappa shape index (κ2) is 4.29.